The van der Waals surface area contributed by atoms with Crippen molar-refractivity contribution >= 4 is 0 Å². The fourth-order valence-electron chi connectivity index (χ4n) is 1.50. The van der Waals surface area contributed by atoms with Crippen LogP contribution in [0.25, 0.3) is 0 Å². The largest absolute Gasteiger partial charge is 0.0690 e. The number of hydrogen-bond acceptors (Lipinski definition) is 0. The molecule has 0 unspecified atom stereocenters. The summed E-state index contributed by atoms with van der Waals surface area (Å²) < 4.78 is 0. The van der Waals surface area contributed by atoms with Gasteiger partial charge in [-0.2, -0.15) is 0 Å². The standard InChI is InChI=1S/C12H18/c1-9(2)12-6-5-10(3)7-11(4)8-12/h5-7,9H,8H2,1-4H3. The molecule has 0 aliphatic heterocycles. The molecule has 0 atom stereocenters. The minimum Gasteiger partial charge on any atom is -0.0690 e. The van der Waals surface area contributed by atoms with Crippen LogP contribution in [0.1, 0.15) is 34.1 Å². The molecule has 0 spiro atoms. The van der Waals surface area contributed by atoms with Gasteiger partial charge in [0.25, 0.3) is 0 Å². The molecule has 12 heavy (non-hydrogen) atoms. The molecular weight excluding hydrogens is 144 g/mol. The Labute approximate surface area is 75.7 Å². The summed E-state index contributed by atoms with van der Waals surface area (Å²) in [6.07, 6.45) is 7.90. The topological polar surface area (TPSA) is 0 Å². The zero-order valence-corrected chi connectivity index (χ0v) is 8.52. The quantitative estimate of drug-likeness (QED) is 0.549. The maximum absolute atomic E-state index is 2.27. The molecule has 1 aliphatic carbocycles. The van der Waals surface area contributed by atoms with Crippen molar-refractivity contribution in [3.05, 3.63) is 34.9 Å². The Balaban J connectivity index is 2.89. The summed E-state index contributed by atoms with van der Waals surface area (Å²) >= 11 is 0. The fraction of sp³-hybridized carbons (Fsp3) is 0.500. The molecular formula is C12H18. The summed E-state index contributed by atoms with van der Waals surface area (Å²) in [7, 11) is 0. The molecule has 0 nitrogen and oxygen atoms in total. The summed E-state index contributed by atoms with van der Waals surface area (Å²) in [4.78, 5) is 0. The summed E-state index contributed by atoms with van der Waals surface area (Å²) in [6.45, 7) is 8.88. The van der Waals surface area contributed by atoms with Gasteiger partial charge in [0.1, 0.15) is 0 Å². The van der Waals surface area contributed by atoms with Crippen LogP contribution < -0.4 is 0 Å². The molecule has 0 radical (unpaired) electrons. The molecule has 0 heterocycles. The van der Waals surface area contributed by atoms with Crippen LogP contribution in [0.3, 0.4) is 0 Å². The van der Waals surface area contributed by atoms with Gasteiger partial charge in [-0.15, -0.1) is 0 Å². The van der Waals surface area contributed by atoms with Crippen molar-refractivity contribution in [2.24, 2.45) is 5.92 Å². The second-order valence-electron chi connectivity index (χ2n) is 3.97. The summed E-state index contributed by atoms with van der Waals surface area (Å²) in [5.74, 6) is 0.676. The lowest BCUT2D eigenvalue weighted by atomic mass is 9.97. The molecule has 0 amide bonds. The Morgan fingerprint density at radius 3 is 2.42 bits per heavy atom. The van der Waals surface area contributed by atoms with Crippen LogP contribution >= 0.6 is 0 Å². The minimum absolute atomic E-state index is 0.676. The third-order valence-corrected chi connectivity index (χ3v) is 2.26. The monoisotopic (exact) mass is 162 g/mol. The molecule has 0 bridgehead atoms. The Morgan fingerprint density at radius 2 is 1.83 bits per heavy atom. The molecule has 66 valence electrons. The number of hydrogen-bond donors (Lipinski definition) is 0. The number of rotatable bonds is 1. The van der Waals surface area contributed by atoms with Gasteiger partial charge in [0.15, 0.2) is 0 Å². The molecule has 0 saturated carbocycles. The van der Waals surface area contributed by atoms with E-state index in [1.165, 1.54) is 11.1 Å². The first-order chi connectivity index (χ1) is 5.59. The van der Waals surface area contributed by atoms with Crippen LogP contribution in [0.4, 0.5) is 0 Å². The first kappa shape index (κ1) is 9.31. The molecule has 0 aromatic heterocycles. The van der Waals surface area contributed by atoms with Gasteiger partial charge in [-0.05, 0) is 26.2 Å². The van der Waals surface area contributed by atoms with Gasteiger partial charge in [0.2, 0.25) is 0 Å². The van der Waals surface area contributed by atoms with Gasteiger partial charge in [0, 0.05) is 0 Å². The Morgan fingerprint density at radius 1 is 1.17 bits per heavy atom. The van der Waals surface area contributed by atoms with Gasteiger partial charge in [-0.25, -0.2) is 0 Å². The molecule has 0 N–H and O–H groups in total. The highest BCUT2D eigenvalue weighted by Gasteiger charge is 2.05. The summed E-state index contributed by atoms with van der Waals surface area (Å²) in [5.41, 5.74) is 4.38. The molecule has 0 heteroatoms. The maximum atomic E-state index is 2.27. The average Bonchev–Trinajstić information content (AvgIpc) is 2.11. The zero-order chi connectivity index (χ0) is 9.14. The highest BCUT2D eigenvalue weighted by atomic mass is 14.1. The second-order valence-corrected chi connectivity index (χ2v) is 3.97. The van der Waals surface area contributed by atoms with Crippen LogP contribution in [0.15, 0.2) is 34.9 Å². The van der Waals surface area contributed by atoms with Gasteiger partial charge < -0.3 is 0 Å². The van der Waals surface area contributed by atoms with E-state index in [0.717, 1.165) is 6.42 Å². The van der Waals surface area contributed by atoms with E-state index in [4.69, 9.17) is 0 Å². The Bertz CT molecular complexity index is 249. The van der Waals surface area contributed by atoms with Crippen molar-refractivity contribution in [2.75, 3.05) is 0 Å². The van der Waals surface area contributed by atoms with Crippen molar-refractivity contribution < 1.29 is 0 Å². The smallest absolute Gasteiger partial charge is 0.0102 e. The molecule has 1 aliphatic rings. The van der Waals surface area contributed by atoms with Crippen LogP contribution in [0.2, 0.25) is 0 Å². The van der Waals surface area contributed by atoms with Gasteiger partial charge in [-0.1, -0.05) is 48.8 Å². The van der Waals surface area contributed by atoms with E-state index >= 15 is 0 Å². The van der Waals surface area contributed by atoms with Gasteiger partial charge in [-0.3, -0.25) is 0 Å². The average molecular weight is 162 g/mol. The van der Waals surface area contributed by atoms with Crippen molar-refractivity contribution in [3.8, 4) is 0 Å². The van der Waals surface area contributed by atoms with E-state index in [1.807, 2.05) is 0 Å². The van der Waals surface area contributed by atoms with Crippen LogP contribution in [0.5, 0.6) is 0 Å². The zero-order valence-electron chi connectivity index (χ0n) is 8.52. The van der Waals surface area contributed by atoms with Crippen LogP contribution in [-0.4, -0.2) is 0 Å². The molecule has 0 saturated heterocycles. The van der Waals surface area contributed by atoms with E-state index in [9.17, 15) is 0 Å². The second kappa shape index (κ2) is 3.75. The highest BCUT2D eigenvalue weighted by molar-refractivity contribution is 5.33. The molecule has 0 aromatic rings. The first-order valence-corrected chi connectivity index (χ1v) is 4.64. The Kier molecular flexibility index (Phi) is 2.91. The van der Waals surface area contributed by atoms with Crippen LogP contribution in [-0.2, 0) is 0 Å². The SMILES string of the molecule is CC1=CC=C(C(C)C)CC(C)=C1. The lowest BCUT2D eigenvalue weighted by Crippen LogP contribution is -1.93. The minimum atomic E-state index is 0.676. The van der Waals surface area contributed by atoms with Crippen molar-refractivity contribution in [3.63, 3.8) is 0 Å². The fourth-order valence-corrected chi connectivity index (χ4v) is 1.50. The molecule has 1 rings (SSSR count). The van der Waals surface area contributed by atoms with Gasteiger partial charge in [0.05, 0.1) is 0 Å². The predicted molar refractivity (Wildman–Crippen MR) is 55.1 cm³/mol. The molecule has 0 fully saturated rings. The van der Waals surface area contributed by atoms with Gasteiger partial charge >= 0.3 is 0 Å². The third-order valence-electron chi connectivity index (χ3n) is 2.26. The van der Waals surface area contributed by atoms with E-state index in [0.29, 0.717) is 5.92 Å². The highest BCUT2D eigenvalue weighted by Crippen LogP contribution is 2.22. The number of allylic oxidation sites excluding steroid dienone is 6. The van der Waals surface area contributed by atoms with E-state index < -0.39 is 0 Å². The summed E-state index contributed by atoms with van der Waals surface area (Å²) in [6, 6.07) is 0. The van der Waals surface area contributed by atoms with Crippen molar-refractivity contribution in [1.82, 2.24) is 0 Å². The lowest BCUT2D eigenvalue weighted by molar-refractivity contribution is 0.739. The predicted octanol–water partition coefficient (Wildman–Crippen LogP) is 3.87. The van der Waals surface area contributed by atoms with E-state index in [1.54, 1.807) is 5.57 Å². The first-order valence-electron chi connectivity index (χ1n) is 4.64. The lowest BCUT2D eigenvalue weighted by Gasteiger charge is -2.09. The van der Waals surface area contributed by atoms with Crippen molar-refractivity contribution in [1.29, 1.82) is 0 Å². The van der Waals surface area contributed by atoms with E-state index in [-0.39, 0.29) is 0 Å². The third kappa shape index (κ3) is 2.37. The molecule has 0 aromatic carbocycles. The van der Waals surface area contributed by atoms with E-state index in [2.05, 4.69) is 45.9 Å². The van der Waals surface area contributed by atoms with Crippen LogP contribution in [0, 0.1) is 5.92 Å². The summed E-state index contributed by atoms with van der Waals surface area (Å²) in [5, 5.41) is 0. The normalized spacial score (nSPS) is 18.2. The maximum Gasteiger partial charge on any atom is -0.0102 e. The van der Waals surface area contributed by atoms with Crippen molar-refractivity contribution in [2.45, 2.75) is 34.1 Å². The Hall–Kier alpha value is -0.780.